The SMILES string of the molecule is CCOC(=O)C1C(=O)C2CCCC2N(Cc2ccc(OC)cc2OC)C1=O. The normalized spacial score (nSPS) is 24.6. The van der Waals surface area contributed by atoms with E-state index in [-0.39, 0.29) is 30.9 Å². The van der Waals surface area contributed by atoms with Gasteiger partial charge >= 0.3 is 5.97 Å². The molecule has 0 aromatic heterocycles. The zero-order valence-electron chi connectivity index (χ0n) is 15.9. The van der Waals surface area contributed by atoms with Crippen molar-refractivity contribution < 1.29 is 28.6 Å². The fourth-order valence-corrected chi connectivity index (χ4v) is 4.11. The first-order valence-electron chi connectivity index (χ1n) is 9.23. The summed E-state index contributed by atoms with van der Waals surface area (Å²) in [6.45, 7) is 2.07. The Bertz CT molecular complexity index is 746. The fraction of sp³-hybridized carbons (Fsp3) is 0.550. The number of fused-ring (bicyclic) bond motifs is 1. The minimum atomic E-state index is -1.35. The number of carbonyl (C=O) groups is 3. The number of esters is 1. The molecule has 27 heavy (non-hydrogen) atoms. The number of rotatable bonds is 6. The average molecular weight is 375 g/mol. The molecule has 3 rings (SSSR count). The van der Waals surface area contributed by atoms with Crippen LogP contribution in [0.2, 0.25) is 0 Å². The highest BCUT2D eigenvalue weighted by Crippen LogP contribution is 2.39. The Morgan fingerprint density at radius 3 is 2.63 bits per heavy atom. The van der Waals surface area contributed by atoms with Crippen LogP contribution in [-0.2, 0) is 25.7 Å². The molecule has 0 N–H and O–H groups in total. The van der Waals surface area contributed by atoms with Gasteiger partial charge in [0.1, 0.15) is 11.5 Å². The molecule has 2 fully saturated rings. The van der Waals surface area contributed by atoms with E-state index >= 15 is 0 Å². The summed E-state index contributed by atoms with van der Waals surface area (Å²) in [6.07, 6.45) is 2.32. The van der Waals surface area contributed by atoms with Gasteiger partial charge in [-0.05, 0) is 31.9 Å². The van der Waals surface area contributed by atoms with E-state index < -0.39 is 17.8 Å². The Hall–Kier alpha value is -2.57. The van der Waals surface area contributed by atoms with Crippen molar-refractivity contribution in [2.75, 3.05) is 20.8 Å². The van der Waals surface area contributed by atoms with Crippen molar-refractivity contribution in [3.05, 3.63) is 23.8 Å². The lowest BCUT2D eigenvalue weighted by Gasteiger charge is -2.39. The summed E-state index contributed by atoms with van der Waals surface area (Å²) in [4.78, 5) is 39.7. The molecule has 7 nitrogen and oxygen atoms in total. The topological polar surface area (TPSA) is 82.1 Å². The number of piperidine rings is 1. The highest BCUT2D eigenvalue weighted by molar-refractivity contribution is 6.19. The number of carbonyl (C=O) groups excluding carboxylic acids is 3. The third kappa shape index (κ3) is 3.50. The van der Waals surface area contributed by atoms with Crippen molar-refractivity contribution in [1.82, 2.24) is 4.90 Å². The van der Waals surface area contributed by atoms with Gasteiger partial charge in [0.2, 0.25) is 5.91 Å². The fourth-order valence-electron chi connectivity index (χ4n) is 4.11. The van der Waals surface area contributed by atoms with E-state index in [9.17, 15) is 14.4 Å². The van der Waals surface area contributed by atoms with Gasteiger partial charge in [0, 0.05) is 30.1 Å². The van der Waals surface area contributed by atoms with Crippen LogP contribution in [0.15, 0.2) is 18.2 Å². The zero-order valence-corrected chi connectivity index (χ0v) is 15.9. The Labute approximate surface area is 158 Å². The van der Waals surface area contributed by atoms with Crippen LogP contribution >= 0.6 is 0 Å². The van der Waals surface area contributed by atoms with Crippen molar-refractivity contribution in [3.63, 3.8) is 0 Å². The highest BCUT2D eigenvalue weighted by atomic mass is 16.5. The molecular weight excluding hydrogens is 350 g/mol. The summed E-state index contributed by atoms with van der Waals surface area (Å²) in [7, 11) is 3.13. The zero-order chi connectivity index (χ0) is 19.6. The van der Waals surface area contributed by atoms with Crippen molar-refractivity contribution in [3.8, 4) is 11.5 Å². The second-order valence-electron chi connectivity index (χ2n) is 6.84. The van der Waals surface area contributed by atoms with Gasteiger partial charge in [0.05, 0.1) is 20.8 Å². The lowest BCUT2D eigenvalue weighted by atomic mass is 9.82. The van der Waals surface area contributed by atoms with Gasteiger partial charge in [0.15, 0.2) is 11.7 Å². The van der Waals surface area contributed by atoms with Crippen LogP contribution in [-0.4, -0.2) is 49.4 Å². The summed E-state index contributed by atoms with van der Waals surface area (Å²) in [5.41, 5.74) is 0.800. The molecule has 3 unspecified atom stereocenters. The maximum Gasteiger partial charge on any atom is 0.326 e. The second-order valence-corrected chi connectivity index (χ2v) is 6.84. The molecule has 0 bridgehead atoms. The number of Topliss-reactive ketones (excluding diaryl/α,β-unsaturated/α-hetero) is 1. The Morgan fingerprint density at radius 1 is 1.19 bits per heavy atom. The maximum atomic E-state index is 13.1. The van der Waals surface area contributed by atoms with E-state index in [1.54, 1.807) is 38.2 Å². The van der Waals surface area contributed by atoms with E-state index in [1.165, 1.54) is 0 Å². The summed E-state index contributed by atoms with van der Waals surface area (Å²) in [5, 5.41) is 0. The van der Waals surface area contributed by atoms with Crippen LogP contribution < -0.4 is 9.47 Å². The minimum Gasteiger partial charge on any atom is -0.497 e. The van der Waals surface area contributed by atoms with E-state index in [4.69, 9.17) is 14.2 Å². The quantitative estimate of drug-likeness (QED) is 0.558. The van der Waals surface area contributed by atoms with Gasteiger partial charge in [-0.2, -0.15) is 0 Å². The standard InChI is InChI=1S/C20H25NO6/c1-4-27-20(24)17-18(22)14-6-5-7-15(14)21(19(17)23)11-12-8-9-13(25-2)10-16(12)26-3/h8-10,14-15,17H,4-7,11H2,1-3H3. The van der Waals surface area contributed by atoms with E-state index in [2.05, 4.69) is 0 Å². The summed E-state index contributed by atoms with van der Waals surface area (Å²) >= 11 is 0. The first kappa shape index (κ1) is 19.2. The number of methoxy groups -OCH3 is 2. The van der Waals surface area contributed by atoms with Crippen molar-refractivity contribution in [2.45, 2.75) is 38.8 Å². The number of benzene rings is 1. The number of ketones is 1. The second kappa shape index (κ2) is 7.98. The Morgan fingerprint density at radius 2 is 1.96 bits per heavy atom. The van der Waals surface area contributed by atoms with Crippen LogP contribution in [0.1, 0.15) is 31.7 Å². The van der Waals surface area contributed by atoms with Crippen LogP contribution in [0.5, 0.6) is 11.5 Å². The number of hydrogen-bond donors (Lipinski definition) is 0. The van der Waals surface area contributed by atoms with E-state index in [0.29, 0.717) is 17.9 Å². The summed E-state index contributed by atoms with van der Waals surface area (Å²) in [5.74, 6) is -1.92. The van der Waals surface area contributed by atoms with Crippen molar-refractivity contribution >= 4 is 17.7 Å². The minimum absolute atomic E-state index is 0.135. The number of nitrogens with zero attached hydrogens (tertiary/aromatic N) is 1. The average Bonchev–Trinajstić information content (AvgIpc) is 3.15. The molecule has 2 aliphatic rings. The predicted octanol–water partition coefficient (Wildman–Crippen LogP) is 1.96. The summed E-state index contributed by atoms with van der Waals surface area (Å²) < 4.78 is 15.6. The Balaban J connectivity index is 1.92. The van der Waals surface area contributed by atoms with Gasteiger partial charge in [-0.3, -0.25) is 14.4 Å². The lowest BCUT2D eigenvalue weighted by molar-refractivity contribution is -0.165. The molecule has 0 radical (unpaired) electrons. The van der Waals surface area contributed by atoms with Gasteiger partial charge < -0.3 is 19.1 Å². The van der Waals surface area contributed by atoms with Gasteiger partial charge in [0.25, 0.3) is 0 Å². The molecule has 146 valence electrons. The molecule has 0 spiro atoms. The van der Waals surface area contributed by atoms with Crippen molar-refractivity contribution in [1.29, 1.82) is 0 Å². The molecule has 1 heterocycles. The molecule has 1 aromatic rings. The molecule has 1 saturated heterocycles. The number of likely N-dealkylation sites (tertiary alicyclic amines) is 1. The third-order valence-corrected chi connectivity index (χ3v) is 5.42. The van der Waals surface area contributed by atoms with E-state index in [0.717, 1.165) is 18.4 Å². The molecular formula is C20H25NO6. The van der Waals surface area contributed by atoms with Crippen LogP contribution in [0.25, 0.3) is 0 Å². The molecule has 7 heteroatoms. The Kier molecular flexibility index (Phi) is 5.68. The molecule has 1 aromatic carbocycles. The van der Waals surface area contributed by atoms with Gasteiger partial charge in [-0.15, -0.1) is 0 Å². The van der Waals surface area contributed by atoms with Crippen molar-refractivity contribution in [2.24, 2.45) is 11.8 Å². The molecule has 1 amide bonds. The first-order valence-corrected chi connectivity index (χ1v) is 9.23. The largest absolute Gasteiger partial charge is 0.497 e. The predicted molar refractivity (Wildman–Crippen MR) is 96.4 cm³/mol. The van der Waals surface area contributed by atoms with E-state index in [1.807, 2.05) is 6.07 Å². The van der Waals surface area contributed by atoms with Crippen LogP contribution in [0, 0.1) is 11.8 Å². The molecule has 1 aliphatic heterocycles. The summed E-state index contributed by atoms with van der Waals surface area (Å²) in [6, 6.07) is 5.21. The van der Waals surface area contributed by atoms with Crippen LogP contribution in [0.4, 0.5) is 0 Å². The van der Waals surface area contributed by atoms with Crippen LogP contribution in [0.3, 0.4) is 0 Å². The van der Waals surface area contributed by atoms with Gasteiger partial charge in [-0.1, -0.05) is 6.42 Å². The smallest absolute Gasteiger partial charge is 0.326 e. The highest BCUT2D eigenvalue weighted by Gasteiger charge is 2.53. The third-order valence-electron chi connectivity index (χ3n) is 5.42. The maximum absolute atomic E-state index is 13.1. The lowest BCUT2D eigenvalue weighted by Crippen LogP contribution is -2.57. The molecule has 1 saturated carbocycles. The molecule has 3 atom stereocenters. The first-order chi connectivity index (χ1) is 13.0. The number of amides is 1. The van der Waals surface area contributed by atoms with Gasteiger partial charge in [-0.25, -0.2) is 0 Å². The number of ether oxygens (including phenoxy) is 3. The monoisotopic (exact) mass is 375 g/mol. The number of hydrogen-bond acceptors (Lipinski definition) is 6. The molecule has 1 aliphatic carbocycles.